The summed E-state index contributed by atoms with van der Waals surface area (Å²) in [4.78, 5) is 11.8. The number of ketones is 1. The number of carbonyl (C=O) groups is 1. The second kappa shape index (κ2) is 3.78. The highest BCUT2D eigenvalue weighted by atomic mass is 35.5. The summed E-state index contributed by atoms with van der Waals surface area (Å²) in [5.74, 6) is 0.0255. The average Bonchev–Trinajstić information content (AvgIpc) is 2.91. The molecule has 0 unspecified atom stereocenters. The molecule has 2 rings (SSSR count). The van der Waals surface area contributed by atoms with Crippen molar-refractivity contribution in [2.24, 2.45) is 5.73 Å². The highest BCUT2D eigenvalue weighted by molar-refractivity contribution is 6.36. The van der Waals surface area contributed by atoms with Crippen molar-refractivity contribution in [1.29, 1.82) is 0 Å². The third-order valence-electron chi connectivity index (χ3n) is 2.74. The van der Waals surface area contributed by atoms with Crippen LogP contribution in [0.1, 0.15) is 18.4 Å². The molecular weight excluding hydrogens is 233 g/mol. The molecule has 0 aliphatic heterocycles. The molecular formula is C11H11Cl2NO. The fraction of sp³-hybridized carbons (Fsp3) is 0.364. The Morgan fingerprint density at radius 1 is 1.33 bits per heavy atom. The standard InChI is InChI=1S/C11H11Cl2NO/c12-8-2-1-3-9(13)7(8)6-10(15)11(14)4-5-11/h1-3H,4-6,14H2. The molecule has 0 saturated heterocycles. The zero-order valence-corrected chi connectivity index (χ0v) is 9.61. The Kier molecular flexibility index (Phi) is 2.75. The quantitative estimate of drug-likeness (QED) is 0.887. The first-order valence-electron chi connectivity index (χ1n) is 4.78. The van der Waals surface area contributed by atoms with Crippen molar-refractivity contribution in [2.45, 2.75) is 24.8 Å². The first-order valence-corrected chi connectivity index (χ1v) is 5.53. The van der Waals surface area contributed by atoms with Gasteiger partial charge in [0.15, 0.2) is 5.78 Å². The summed E-state index contributed by atoms with van der Waals surface area (Å²) in [6.45, 7) is 0. The van der Waals surface area contributed by atoms with Crippen LogP contribution in [-0.2, 0) is 11.2 Å². The van der Waals surface area contributed by atoms with E-state index in [0.717, 1.165) is 12.8 Å². The van der Waals surface area contributed by atoms with Crippen molar-refractivity contribution in [3.8, 4) is 0 Å². The van der Waals surface area contributed by atoms with Crippen LogP contribution in [0, 0.1) is 0 Å². The van der Waals surface area contributed by atoms with Gasteiger partial charge in [-0.1, -0.05) is 29.3 Å². The van der Waals surface area contributed by atoms with Gasteiger partial charge in [-0.25, -0.2) is 0 Å². The molecule has 0 atom stereocenters. The molecule has 4 heteroatoms. The largest absolute Gasteiger partial charge is 0.319 e. The molecule has 0 amide bonds. The highest BCUT2D eigenvalue weighted by Gasteiger charge is 2.45. The third-order valence-corrected chi connectivity index (χ3v) is 3.45. The van der Waals surface area contributed by atoms with Crippen LogP contribution in [0.4, 0.5) is 0 Å². The van der Waals surface area contributed by atoms with E-state index in [1.165, 1.54) is 0 Å². The van der Waals surface area contributed by atoms with E-state index in [1.807, 2.05) is 0 Å². The summed E-state index contributed by atoms with van der Waals surface area (Å²) in [5, 5.41) is 1.06. The first kappa shape index (κ1) is 10.9. The average molecular weight is 244 g/mol. The maximum atomic E-state index is 11.8. The van der Waals surface area contributed by atoms with Crippen LogP contribution in [0.5, 0.6) is 0 Å². The third kappa shape index (κ3) is 2.17. The Morgan fingerprint density at radius 2 is 1.87 bits per heavy atom. The predicted molar refractivity (Wildman–Crippen MR) is 61.3 cm³/mol. The highest BCUT2D eigenvalue weighted by Crippen LogP contribution is 2.35. The molecule has 1 aromatic rings. The second-order valence-corrected chi connectivity index (χ2v) is 4.77. The van der Waals surface area contributed by atoms with E-state index in [4.69, 9.17) is 28.9 Å². The molecule has 1 aliphatic rings. The number of rotatable bonds is 3. The lowest BCUT2D eigenvalue weighted by molar-refractivity contribution is -0.120. The molecule has 0 bridgehead atoms. The minimum absolute atomic E-state index is 0.0255. The molecule has 0 spiro atoms. The van der Waals surface area contributed by atoms with Crippen molar-refractivity contribution < 1.29 is 4.79 Å². The second-order valence-electron chi connectivity index (χ2n) is 3.96. The number of Topliss-reactive ketones (excluding diaryl/α,β-unsaturated/α-hetero) is 1. The number of carbonyl (C=O) groups excluding carboxylic acids is 1. The van der Waals surface area contributed by atoms with E-state index in [2.05, 4.69) is 0 Å². The minimum atomic E-state index is -0.609. The van der Waals surface area contributed by atoms with Gasteiger partial charge in [0, 0.05) is 16.5 Å². The monoisotopic (exact) mass is 243 g/mol. The molecule has 1 saturated carbocycles. The summed E-state index contributed by atoms with van der Waals surface area (Å²) >= 11 is 11.9. The Morgan fingerprint density at radius 3 is 2.33 bits per heavy atom. The van der Waals surface area contributed by atoms with Crippen LogP contribution in [0.2, 0.25) is 10.0 Å². The van der Waals surface area contributed by atoms with Gasteiger partial charge < -0.3 is 5.73 Å². The summed E-state index contributed by atoms with van der Waals surface area (Å²) < 4.78 is 0. The van der Waals surface area contributed by atoms with Crippen LogP contribution in [0.25, 0.3) is 0 Å². The lowest BCUT2D eigenvalue weighted by Gasteiger charge is -2.09. The Balaban J connectivity index is 2.20. The lowest BCUT2D eigenvalue weighted by Crippen LogP contribution is -2.34. The van der Waals surface area contributed by atoms with Crippen LogP contribution >= 0.6 is 23.2 Å². The van der Waals surface area contributed by atoms with E-state index in [0.29, 0.717) is 15.6 Å². The predicted octanol–water partition coefficient (Wildman–Crippen LogP) is 2.60. The van der Waals surface area contributed by atoms with Gasteiger partial charge in [-0.2, -0.15) is 0 Å². The number of halogens is 2. The normalized spacial score (nSPS) is 17.5. The van der Waals surface area contributed by atoms with Gasteiger partial charge in [-0.3, -0.25) is 4.79 Å². The zero-order chi connectivity index (χ0) is 11.1. The van der Waals surface area contributed by atoms with Crippen LogP contribution in [-0.4, -0.2) is 11.3 Å². The molecule has 1 aromatic carbocycles. The van der Waals surface area contributed by atoms with Gasteiger partial charge in [-0.15, -0.1) is 0 Å². The summed E-state index contributed by atoms with van der Waals surface area (Å²) in [7, 11) is 0. The van der Waals surface area contributed by atoms with E-state index in [9.17, 15) is 4.79 Å². The summed E-state index contributed by atoms with van der Waals surface area (Å²) in [5.41, 5.74) is 5.88. The Bertz CT molecular complexity index is 393. The zero-order valence-electron chi connectivity index (χ0n) is 8.09. The summed E-state index contributed by atoms with van der Waals surface area (Å²) in [6, 6.07) is 5.21. The van der Waals surface area contributed by atoms with E-state index in [1.54, 1.807) is 18.2 Å². The molecule has 15 heavy (non-hydrogen) atoms. The molecule has 0 radical (unpaired) electrons. The van der Waals surface area contributed by atoms with Crippen molar-refractivity contribution in [2.75, 3.05) is 0 Å². The van der Waals surface area contributed by atoms with Gasteiger partial charge in [0.25, 0.3) is 0 Å². The van der Waals surface area contributed by atoms with Crippen LogP contribution in [0.15, 0.2) is 18.2 Å². The Hall–Kier alpha value is -0.570. The number of hydrogen-bond donors (Lipinski definition) is 1. The first-order chi connectivity index (χ1) is 7.03. The van der Waals surface area contributed by atoms with E-state index >= 15 is 0 Å². The molecule has 2 N–H and O–H groups in total. The van der Waals surface area contributed by atoms with Crippen LogP contribution in [0.3, 0.4) is 0 Å². The van der Waals surface area contributed by atoms with Crippen LogP contribution < -0.4 is 5.73 Å². The van der Waals surface area contributed by atoms with Gasteiger partial charge in [-0.05, 0) is 30.5 Å². The molecule has 1 fully saturated rings. The number of nitrogens with two attached hydrogens (primary N) is 1. The molecule has 2 nitrogen and oxygen atoms in total. The maximum absolute atomic E-state index is 11.8. The smallest absolute Gasteiger partial charge is 0.157 e. The molecule has 1 aliphatic carbocycles. The van der Waals surface area contributed by atoms with Crippen molar-refractivity contribution in [1.82, 2.24) is 0 Å². The minimum Gasteiger partial charge on any atom is -0.319 e. The van der Waals surface area contributed by atoms with Crippen molar-refractivity contribution in [3.63, 3.8) is 0 Å². The maximum Gasteiger partial charge on any atom is 0.157 e. The number of hydrogen-bond acceptors (Lipinski definition) is 2. The SMILES string of the molecule is NC1(C(=O)Cc2c(Cl)cccc2Cl)CC1. The van der Waals surface area contributed by atoms with Gasteiger partial charge in [0.05, 0.1) is 5.54 Å². The van der Waals surface area contributed by atoms with Crippen molar-refractivity contribution >= 4 is 29.0 Å². The molecule has 0 heterocycles. The van der Waals surface area contributed by atoms with E-state index < -0.39 is 5.54 Å². The van der Waals surface area contributed by atoms with Gasteiger partial charge in [0.1, 0.15) is 0 Å². The van der Waals surface area contributed by atoms with Crippen molar-refractivity contribution in [3.05, 3.63) is 33.8 Å². The fourth-order valence-corrected chi connectivity index (χ4v) is 1.98. The number of benzene rings is 1. The summed E-state index contributed by atoms with van der Waals surface area (Å²) in [6.07, 6.45) is 1.77. The fourth-order valence-electron chi connectivity index (χ4n) is 1.45. The molecule has 80 valence electrons. The lowest BCUT2D eigenvalue weighted by atomic mass is 10.0. The molecule has 0 aromatic heterocycles. The Labute approximate surface area is 98.4 Å². The van der Waals surface area contributed by atoms with Gasteiger partial charge in [0.2, 0.25) is 0 Å². The van der Waals surface area contributed by atoms with Gasteiger partial charge >= 0.3 is 0 Å². The van der Waals surface area contributed by atoms with E-state index in [-0.39, 0.29) is 12.2 Å². The topological polar surface area (TPSA) is 43.1 Å².